The van der Waals surface area contributed by atoms with Crippen LogP contribution in [0.15, 0.2) is 48.5 Å². The third kappa shape index (κ3) is 5.66. The molecule has 1 heterocycles. The van der Waals surface area contributed by atoms with Gasteiger partial charge in [-0.25, -0.2) is 0 Å². The minimum absolute atomic E-state index is 0.607. The fourth-order valence-corrected chi connectivity index (χ4v) is 4.09. The van der Waals surface area contributed by atoms with E-state index in [1.54, 1.807) is 11.9 Å². The van der Waals surface area contributed by atoms with Gasteiger partial charge in [0.25, 0.3) is 0 Å². The van der Waals surface area contributed by atoms with Gasteiger partial charge in [-0.3, -0.25) is 0 Å². The fraction of sp³-hybridized carbons (Fsp3) is 0.478. The summed E-state index contributed by atoms with van der Waals surface area (Å²) >= 11 is 1.71. The monoisotopic (exact) mass is 384 g/mol. The van der Waals surface area contributed by atoms with Crippen LogP contribution in [-0.4, -0.2) is 44.4 Å². The standard InChI is InChI=1S/C23H32N2OS/c1-18-6-5-7-20(14-18)12-13-25-15-19(2)21(16-25)17-26-23-10-8-22(9-11-23)24(3)27-4/h5-11,14,19,21H,12-13,15-17H2,1-4H3/t19?,21-/m1/s1. The van der Waals surface area contributed by atoms with Crippen molar-refractivity contribution in [1.82, 2.24) is 4.90 Å². The van der Waals surface area contributed by atoms with E-state index < -0.39 is 0 Å². The number of ether oxygens (including phenoxy) is 1. The molecule has 3 nitrogen and oxygen atoms in total. The highest BCUT2D eigenvalue weighted by atomic mass is 32.2. The predicted molar refractivity (Wildman–Crippen MR) is 118 cm³/mol. The van der Waals surface area contributed by atoms with Crippen LogP contribution in [0, 0.1) is 18.8 Å². The molecule has 2 aromatic rings. The van der Waals surface area contributed by atoms with Crippen LogP contribution >= 0.6 is 11.9 Å². The molecule has 146 valence electrons. The maximum Gasteiger partial charge on any atom is 0.119 e. The van der Waals surface area contributed by atoms with E-state index in [1.807, 2.05) is 0 Å². The summed E-state index contributed by atoms with van der Waals surface area (Å²) < 4.78 is 8.25. The second-order valence-corrected chi connectivity index (χ2v) is 8.63. The number of benzene rings is 2. The van der Waals surface area contributed by atoms with Gasteiger partial charge in [-0.1, -0.05) is 48.7 Å². The van der Waals surface area contributed by atoms with Crippen molar-refractivity contribution in [2.75, 3.05) is 43.8 Å². The molecule has 0 saturated carbocycles. The molecule has 2 atom stereocenters. The Morgan fingerprint density at radius 1 is 1.15 bits per heavy atom. The lowest BCUT2D eigenvalue weighted by molar-refractivity contribution is 0.225. The average molecular weight is 385 g/mol. The smallest absolute Gasteiger partial charge is 0.119 e. The van der Waals surface area contributed by atoms with E-state index in [9.17, 15) is 0 Å². The van der Waals surface area contributed by atoms with Gasteiger partial charge < -0.3 is 13.9 Å². The second-order valence-electron chi connectivity index (χ2n) is 7.72. The van der Waals surface area contributed by atoms with Crippen molar-refractivity contribution in [3.8, 4) is 5.75 Å². The summed E-state index contributed by atoms with van der Waals surface area (Å²) in [5.74, 6) is 2.26. The van der Waals surface area contributed by atoms with Crippen molar-refractivity contribution >= 4 is 17.6 Å². The molecule has 0 bridgehead atoms. The molecule has 1 aliphatic heterocycles. The van der Waals surface area contributed by atoms with Gasteiger partial charge in [-0.2, -0.15) is 0 Å². The minimum Gasteiger partial charge on any atom is -0.493 e. The molecule has 4 heteroatoms. The fourth-order valence-electron chi connectivity index (χ4n) is 3.76. The van der Waals surface area contributed by atoms with Crippen LogP contribution < -0.4 is 9.04 Å². The zero-order valence-electron chi connectivity index (χ0n) is 17.0. The summed E-state index contributed by atoms with van der Waals surface area (Å²) in [6, 6.07) is 17.3. The Kier molecular flexibility index (Phi) is 7.08. The number of aryl methyl sites for hydroxylation is 1. The molecule has 1 saturated heterocycles. The maximum absolute atomic E-state index is 6.10. The van der Waals surface area contributed by atoms with Crippen molar-refractivity contribution in [1.29, 1.82) is 0 Å². The average Bonchev–Trinajstić information content (AvgIpc) is 3.04. The van der Waals surface area contributed by atoms with E-state index in [4.69, 9.17) is 4.74 Å². The molecule has 0 spiro atoms. The van der Waals surface area contributed by atoms with Crippen LogP contribution in [0.5, 0.6) is 5.75 Å². The Balaban J connectivity index is 1.45. The molecule has 1 fully saturated rings. The highest BCUT2D eigenvalue weighted by molar-refractivity contribution is 7.99. The van der Waals surface area contributed by atoms with Crippen molar-refractivity contribution < 1.29 is 4.74 Å². The molecule has 27 heavy (non-hydrogen) atoms. The zero-order valence-corrected chi connectivity index (χ0v) is 17.8. The van der Waals surface area contributed by atoms with E-state index in [-0.39, 0.29) is 0 Å². The van der Waals surface area contributed by atoms with Crippen LogP contribution in [0.1, 0.15) is 18.1 Å². The first-order valence-electron chi connectivity index (χ1n) is 9.83. The van der Waals surface area contributed by atoms with E-state index in [0.717, 1.165) is 31.9 Å². The summed E-state index contributed by atoms with van der Waals surface area (Å²) in [6.07, 6.45) is 3.21. The van der Waals surface area contributed by atoms with Crippen molar-refractivity contribution in [2.45, 2.75) is 20.3 Å². The van der Waals surface area contributed by atoms with Crippen LogP contribution in [0.4, 0.5) is 5.69 Å². The molecule has 0 amide bonds. The van der Waals surface area contributed by atoms with Gasteiger partial charge in [0, 0.05) is 44.5 Å². The number of anilines is 1. The molecule has 0 N–H and O–H groups in total. The Labute approximate surface area is 168 Å². The number of likely N-dealkylation sites (tertiary alicyclic amines) is 1. The Bertz CT molecular complexity index is 719. The van der Waals surface area contributed by atoms with Gasteiger partial charge in [0.2, 0.25) is 0 Å². The van der Waals surface area contributed by atoms with Crippen LogP contribution in [0.25, 0.3) is 0 Å². The zero-order chi connectivity index (χ0) is 19.2. The summed E-state index contributed by atoms with van der Waals surface area (Å²) in [5.41, 5.74) is 3.99. The number of hydrogen-bond donors (Lipinski definition) is 0. The van der Waals surface area contributed by atoms with Gasteiger partial charge >= 0.3 is 0 Å². The van der Waals surface area contributed by atoms with Gasteiger partial charge in [0.1, 0.15) is 5.75 Å². The third-order valence-corrected chi connectivity index (χ3v) is 6.34. The lowest BCUT2D eigenvalue weighted by Crippen LogP contribution is -2.24. The lowest BCUT2D eigenvalue weighted by Gasteiger charge is -2.18. The van der Waals surface area contributed by atoms with E-state index in [2.05, 4.69) is 84.9 Å². The summed E-state index contributed by atoms with van der Waals surface area (Å²) in [6.45, 7) is 8.79. The van der Waals surface area contributed by atoms with E-state index in [0.29, 0.717) is 11.8 Å². The summed E-state index contributed by atoms with van der Waals surface area (Å²) in [5, 5.41) is 0. The maximum atomic E-state index is 6.10. The molecule has 2 aromatic carbocycles. The van der Waals surface area contributed by atoms with Gasteiger partial charge in [-0.15, -0.1) is 0 Å². The molecule has 0 aliphatic carbocycles. The predicted octanol–water partition coefficient (Wildman–Crippen LogP) is 4.90. The van der Waals surface area contributed by atoms with E-state index >= 15 is 0 Å². The lowest BCUT2D eigenvalue weighted by atomic mass is 9.99. The summed E-state index contributed by atoms with van der Waals surface area (Å²) in [4.78, 5) is 2.59. The van der Waals surface area contributed by atoms with Crippen LogP contribution in [0.3, 0.4) is 0 Å². The second kappa shape index (κ2) is 9.52. The molecule has 0 aromatic heterocycles. The molecule has 1 aliphatic rings. The highest BCUT2D eigenvalue weighted by Crippen LogP contribution is 2.26. The molecule has 3 rings (SSSR count). The van der Waals surface area contributed by atoms with Crippen molar-refractivity contribution in [2.24, 2.45) is 11.8 Å². The first kappa shape index (κ1) is 20.1. The van der Waals surface area contributed by atoms with Crippen LogP contribution in [-0.2, 0) is 6.42 Å². The van der Waals surface area contributed by atoms with Crippen molar-refractivity contribution in [3.63, 3.8) is 0 Å². The molecular formula is C23H32N2OS. The Hall–Kier alpha value is -1.65. The topological polar surface area (TPSA) is 15.7 Å². The normalized spacial score (nSPS) is 20.0. The third-order valence-electron chi connectivity index (χ3n) is 5.58. The highest BCUT2D eigenvalue weighted by Gasteiger charge is 2.29. The molecule has 0 radical (unpaired) electrons. The SMILES string of the molecule is CSN(C)c1ccc(OC[C@H]2CN(CCc3cccc(C)c3)CC2C)cc1. The summed E-state index contributed by atoms with van der Waals surface area (Å²) in [7, 11) is 2.08. The van der Waals surface area contributed by atoms with E-state index in [1.165, 1.54) is 23.4 Å². The number of rotatable bonds is 8. The molecular weight excluding hydrogens is 352 g/mol. The molecule has 1 unspecified atom stereocenters. The number of nitrogens with zero attached hydrogens (tertiary/aromatic N) is 2. The van der Waals surface area contributed by atoms with Crippen LogP contribution in [0.2, 0.25) is 0 Å². The number of hydrogen-bond acceptors (Lipinski definition) is 4. The largest absolute Gasteiger partial charge is 0.493 e. The van der Waals surface area contributed by atoms with Gasteiger partial charge in [-0.05, 0) is 49.1 Å². The van der Waals surface area contributed by atoms with Gasteiger partial charge in [0.15, 0.2) is 0 Å². The quantitative estimate of drug-likeness (QED) is 0.601. The Morgan fingerprint density at radius 2 is 1.93 bits per heavy atom. The Morgan fingerprint density at radius 3 is 2.63 bits per heavy atom. The minimum atomic E-state index is 0.607. The van der Waals surface area contributed by atoms with Gasteiger partial charge in [0.05, 0.1) is 6.61 Å². The first-order chi connectivity index (χ1) is 13.0. The first-order valence-corrected chi connectivity index (χ1v) is 11.0. The van der Waals surface area contributed by atoms with Crippen molar-refractivity contribution in [3.05, 3.63) is 59.7 Å².